The zero-order chi connectivity index (χ0) is 12.3. The molecule has 0 radical (unpaired) electrons. The molecule has 0 atom stereocenters. The van der Waals surface area contributed by atoms with Gasteiger partial charge in [-0.1, -0.05) is 41.9 Å². The van der Waals surface area contributed by atoms with Crippen LogP contribution in [-0.4, -0.2) is 11.1 Å². The number of rotatable bonds is 4. The summed E-state index contributed by atoms with van der Waals surface area (Å²) < 4.78 is 0.533. The highest BCUT2D eigenvalue weighted by Gasteiger charge is 2.14. The van der Waals surface area contributed by atoms with Crippen LogP contribution in [0.1, 0.15) is 20.8 Å². The maximum atomic E-state index is 11.0. The molecule has 0 fully saturated rings. The lowest BCUT2D eigenvalue weighted by atomic mass is 10.1. The minimum Gasteiger partial charge on any atom is -0.477 e. The maximum Gasteiger partial charge on any atom is 0.346 e. The number of benzene rings is 1. The molecule has 0 saturated carbocycles. The molecule has 88 valence electrons. The molecule has 0 aliphatic carbocycles. The quantitative estimate of drug-likeness (QED) is 0.912. The molecule has 2 rings (SSSR count). The summed E-state index contributed by atoms with van der Waals surface area (Å²) >= 11 is 6.97. The second-order valence-electron chi connectivity index (χ2n) is 3.70. The Bertz CT molecular complexity index is 519. The molecule has 1 N–H and O–H groups in total. The van der Waals surface area contributed by atoms with Gasteiger partial charge in [-0.25, -0.2) is 4.79 Å². The molecule has 0 unspecified atom stereocenters. The van der Waals surface area contributed by atoms with Crippen LogP contribution in [0.4, 0.5) is 0 Å². The standard InChI is InChI=1S/C13H11ClO2S/c14-11-8-10(12(17-11)13(15)16)7-6-9-4-2-1-3-5-9/h1-5,8H,6-7H2,(H,15,16). The first-order valence-corrected chi connectivity index (χ1v) is 6.41. The fraction of sp³-hybridized carbons (Fsp3) is 0.154. The molecule has 0 bridgehead atoms. The number of hydrogen-bond acceptors (Lipinski definition) is 2. The predicted molar refractivity (Wildman–Crippen MR) is 70.1 cm³/mol. The van der Waals surface area contributed by atoms with E-state index in [-0.39, 0.29) is 0 Å². The van der Waals surface area contributed by atoms with Crippen molar-refractivity contribution in [3.05, 3.63) is 56.7 Å². The molecular formula is C13H11ClO2S. The molecule has 1 heterocycles. The van der Waals surface area contributed by atoms with E-state index in [9.17, 15) is 4.79 Å². The van der Waals surface area contributed by atoms with E-state index < -0.39 is 5.97 Å². The smallest absolute Gasteiger partial charge is 0.346 e. The normalized spacial score (nSPS) is 10.4. The van der Waals surface area contributed by atoms with E-state index >= 15 is 0 Å². The summed E-state index contributed by atoms with van der Waals surface area (Å²) in [5.74, 6) is -0.898. The largest absolute Gasteiger partial charge is 0.477 e. The molecular weight excluding hydrogens is 256 g/mol. The van der Waals surface area contributed by atoms with Crippen LogP contribution in [0, 0.1) is 0 Å². The van der Waals surface area contributed by atoms with E-state index in [2.05, 4.69) is 0 Å². The summed E-state index contributed by atoms with van der Waals surface area (Å²) in [5, 5.41) is 9.03. The van der Waals surface area contributed by atoms with Crippen LogP contribution in [-0.2, 0) is 12.8 Å². The minimum absolute atomic E-state index is 0.353. The third-order valence-electron chi connectivity index (χ3n) is 2.50. The Morgan fingerprint density at radius 1 is 1.24 bits per heavy atom. The summed E-state index contributed by atoms with van der Waals surface area (Å²) in [6, 6.07) is 11.7. The Labute approximate surface area is 108 Å². The Kier molecular flexibility index (Phi) is 3.82. The second-order valence-corrected chi connectivity index (χ2v) is 5.38. The second kappa shape index (κ2) is 5.34. The van der Waals surface area contributed by atoms with Crippen LogP contribution in [0.5, 0.6) is 0 Å². The van der Waals surface area contributed by atoms with Crippen LogP contribution >= 0.6 is 22.9 Å². The number of aromatic carboxylic acids is 1. The number of carbonyl (C=O) groups is 1. The third-order valence-corrected chi connectivity index (χ3v) is 3.79. The van der Waals surface area contributed by atoms with Crippen LogP contribution in [0.25, 0.3) is 0 Å². The first-order chi connectivity index (χ1) is 8.16. The monoisotopic (exact) mass is 266 g/mol. The lowest BCUT2D eigenvalue weighted by Gasteiger charge is -2.01. The molecule has 0 amide bonds. The SMILES string of the molecule is O=C(O)c1sc(Cl)cc1CCc1ccccc1. The number of thiophene rings is 1. The summed E-state index contributed by atoms with van der Waals surface area (Å²) in [6.07, 6.45) is 1.53. The van der Waals surface area contributed by atoms with E-state index in [1.54, 1.807) is 6.07 Å². The van der Waals surface area contributed by atoms with Crippen molar-refractivity contribution < 1.29 is 9.90 Å². The Morgan fingerprint density at radius 3 is 2.59 bits per heavy atom. The van der Waals surface area contributed by atoms with Crippen molar-refractivity contribution in [3.8, 4) is 0 Å². The maximum absolute atomic E-state index is 11.0. The van der Waals surface area contributed by atoms with E-state index in [4.69, 9.17) is 16.7 Å². The number of aryl methyl sites for hydroxylation is 2. The molecule has 2 aromatic rings. The minimum atomic E-state index is -0.898. The molecule has 1 aromatic heterocycles. The lowest BCUT2D eigenvalue weighted by Crippen LogP contribution is -1.99. The Balaban J connectivity index is 2.11. The molecule has 17 heavy (non-hydrogen) atoms. The van der Waals surface area contributed by atoms with Gasteiger partial charge >= 0.3 is 5.97 Å². The zero-order valence-corrected chi connectivity index (χ0v) is 10.6. The van der Waals surface area contributed by atoms with Crippen LogP contribution in [0.3, 0.4) is 0 Å². The molecule has 0 spiro atoms. The highest BCUT2D eigenvalue weighted by molar-refractivity contribution is 7.18. The number of carboxylic acids is 1. The van der Waals surface area contributed by atoms with Crippen molar-refractivity contribution in [1.29, 1.82) is 0 Å². The molecule has 0 saturated heterocycles. The summed E-state index contributed by atoms with van der Waals surface area (Å²) in [6.45, 7) is 0. The Morgan fingerprint density at radius 2 is 1.94 bits per heavy atom. The topological polar surface area (TPSA) is 37.3 Å². The van der Waals surface area contributed by atoms with Crippen molar-refractivity contribution in [3.63, 3.8) is 0 Å². The highest BCUT2D eigenvalue weighted by atomic mass is 35.5. The van der Waals surface area contributed by atoms with Gasteiger partial charge in [0.1, 0.15) is 4.88 Å². The average Bonchev–Trinajstić information content (AvgIpc) is 2.69. The fourth-order valence-electron chi connectivity index (χ4n) is 1.69. The van der Waals surface area contributed by atoms with Crippen molar-refractivity contribution in [2.24, 2.45) is 0 Å². The van der Waals surface area contributed by atoms with E-state index in [1.807, 2.05) is 30.3 Å². The van der Waals surface area contributed by atoms with Crippen molar-refractivity contribution in [1.82, 2.24) is 0 Å². The van der Waals surface area contributed by atoms with Gasteiger partial charge in [-0.2, -0.15) is 0 Å². The van der Waals surface area contributed by atoms with Gasteiger partial charge in [0.2, 0.25) is 0 Å². The molecule has 2 nitrogen and oxygen atoms in total. The third kappa shape index (κ3) is 3.08. The van der Waals surface area contributed by atoms with Gasteiger partial charge in [-0.15, -0.1) is 11.3 Å². The van der Waals surface area contributed by atoms with Crippen molar-refractivity contribution >= 4 is 28.9 Å². The van der Waals surface area contributed by atoms with Gasteiger partial charge in [0.05, 0.1) is 4.34 Å². The lowest BCUT2D eigenvalue weighted by molar-refractivity contribution is 0.0701. The number of halogens is 1. The van der Waals surface area contributed by atoms with Crippen LogP contribution in [0.15, 0.2) is 36.4 Å². The first-order valence-electron chi connectivity index (χ1n) is 5.22. The zero-order valence-electron chi connectivity index (χ0n) is 9.02. The van der Waals surface area contributed by atoms with E-state index in [0.29, 0.717) is 15.6 Å². The van der Waals surface area contributed by atoms with Gasteiger partial charge < -0.3 is 5.11 Å². The number of hydrogen-bond donors (Lipinski definition) is 1. The van der Waals surface area contributed by atoms with Crippen molar-refractivity contribution in [2.75, 3.05) is 0 Å². The summed E-state index contributed by atoms with van der Waals surface area (Å²) in [5.41, 5.74) is 2.02. The van der Waals surface area contributed by atoms with Crippen molar-refractivity contribution in [2.45, 2.75) is 12.8 Å². The number of carboxylic acid groups (broad SMARTS) is 1. The fourth-order valence-corrected chi connectivity index (χ4v) is 2.82. The van der Waals surface area contributed by atoms with E-state index in [0.717, 1.165) is 23.3 Å². The highest BCUT2D eigenvalue weighted by Crippen LogP contribution is 2.27. The molecule has 1 aromatic carbocycles. The average molecular weight is 267 g/mol. The Hall–Kier alpha value is -1.32. The molecule has 4 heteroatoms. The summed E-state index contributed by atoms with van der Waals surface area (Å²) in [4.78, 5) is 11.4. The molecule has 0 aliphatic rings. The van der Waals surface area contributed by atoms with Gasteiger partial charge in [0.15, 0.2) is 0 Å². The predicted octanol–water partition coefficient (Wildman–Crippen LogP) is 3.88. The van der Waals surface area contributed by atoms with Crippen LogP contribution < -0.4 is 0 Å². The van der Waals surface area contributed by atoms with Gasteiger partial charge in [-0.3, -0.25) is 0 Å². The van der Waals surface area contributed by atoms with Crippen LogP contribution in [0.2, 0.25) is 4.34 Å². The summed E-state index contributed by atoms with van der Waals surface area (Å²) in [7, 11) is 0. The first kappa shape index (κ1) is 12.1. The van der Waals surface area contributed by atoms with Gasteiger partial charge in [-0.05, 0) is 30.0 Å². The molecule has 0 aliphatic heterocycles. The van der Waals surface area contributed by atoms with Gasteiger partial charge in [0.25, 0.3) is 0 Å². The van der Waals surface area contributed by atoms with E-state index in [1.165, 1.54) is 5.56 Å². The van der Waals surface area contributed by atoms with Gasteiger partial charge in [0, 0.05) is 0 Å².